The number of hydrogen-bond acceptors (Lipinski definition) is 5. The Morgan fingerprint density at radius 2 is 1.39 bits per heavy atom. The molecular weight excluding hydrogens is 396 g/mol. The molecule has 5 nitrogen and oxygen atoms in total. The van der Waals surface area contributed by atoms with E-state index >= 15 is 0 Å². The molecule has 0 rings (SSSR count). The average Bonchev–Trinajstić information content (AvgIpc) is 2.21. The van der Waals surface area contributed by atoms with Crippen molar-refractivity contribution in [3.05, 3.63) is 0 Å². The number of hydrogen-bond donors (Lipinski definition) is 1. The molecule has 12 heteroatoms. The number of ether oxygens (including phenoxy) is 1. The zero-order valence-electron chi connectivity index (χ0n) is 8.95. The Balaban J connectivity index is 5.24. The maximum atomic E-state index is 12.1. The van der Waals surface area contributed by atoms with E-state index in [4.69, 9.17) is 74.3 Å². The van der Waals surface area contributed by atoms with E-state index in [1.165, 1.54) is 0 Å². The average molecular weight is 405 g/mol. The molecule has 0 aromatic carbocycles. The first kappa shape index (κ1) is 19.8. The second-order valence-electron chi connectivity index (χ2n) is 2.83. The summed E-state index contributed by atoms with van der Waals surface area (Å²) in [5, 5.41) is 9.45. The molecule has 1 N–H and O–H groups in total. The van der Waals surface area contributed by atoms with Gasteiger partial charge < -0.3 is 18.9 Å². The van der Waals surface area contributed by atoms with Gasteiger partial charge in [0.15, 0.2) is 0 Å². The van der Waals surface area contributed by atoms with E-state index < -0.39 is 27.3 Å². The minimum absolute atomic E-state index is 1.04. The molecular formula is C6H9Cl6O5P. The van der Waals surface area contributed by atoms with Crippen LogP contribution in [0.1, 0.15) is 0 Å². The van der Waals surface area contributed by atoms with Crippen LogP contribution in [0.15, 0.2) is 0 Å². The molecule has 0 saturated heterocycles. The quantitative estimate of drug-likeness (QED) is 0.428. The van der Waals surface area contributed by atoms with Crippen molar-refractivity contribution in [1.29, 1.82) is 0 Å². The summed E-state index contributed by atoms with van der Waals surface area (Å²) in [5.41, 5.74) is 0. The first-order valence-corrected chi connectivity index (χ1v) is 7.94. The fourth-order valence-electron chi connectivity index (χ4n) is 0.796. The second kappa shape index (κ2) is 7.19. The molecule has 2 atom stereocenters. The van der Waals surface area contributed by atoms with Crippen LogP contribution >= 0.6 is 77.2 Å². The van der Waals surface area contributed by atoms with Crippen LogP contribution in [0.25, 0.3) is 0 Å². The van der Waals surface area contributed by atoms with Crippen LogP contribution in [0.3, 0.4) is 0 Å². The van der Waals surface area contributed by atoms with Gasteiger partial charge in [0.2, 0.25) is 19.7 Å². The Hall–Kier alpha value is 1.81. The van der Waals surface area contributed by atoms with Gasteiger partial charge in [-0.2, -0.15) is 0 Å². The first-order valence-electron chi connectivity index (χ1n) is 4.06. The van der Waals surface area contributed by atoms with Gasteiger partial charge in [-0.05, 0) is 0 Å². The molecule has 18 heavy (non-hydrogen) atoms. The zero-order valence-corrected chi connectivity index (χ0v) is 14.4. The maximum absolute atomic E-state index is 12.1. The van der Waals surface area contributed by atoms with E-state index in [0.717, 1.165) is 14.2 Å². The Labute approximate surface area is 134 Å². The molecule has 0 saturated carbocycles. The summed E-state index contributed by atoms with van der Waals surface area (Å²) in [5.74, 6) is -1.80. The number of aliphatic hydroxyl groups is 1. The van der Waals surface area contributed by atoms with Crippen molar-refractivity contribution in [3.8, 4) is 0 Å². The van der Waals surface area contributed by atoms with Crippen LogP contribution < -0.4 is 0 Å². The van der Waals surface area contributed by atoms with Crippen molar-refractivity contribution < 1.29 is 23.5 Å². The van der Waals surface area contributed by atoms with Crippen molar-refractivity contribution in [1.82, 2.24) is 0 Å². The summed E-state index contributed by atoms with van der Waals surface area (Å²) in [4.78, 5) is 0. The third-order valence-electron chi connectivity index (χ3n) is 1.61. The number of aliphatic hydroxyl groups excluding tert-OH is 1. The van der Waals surface area contributed by atoms with E-state index in [1.54, 1.807) is 0 Å². The molecule has 0 unspecified atom stereocenters. The van der Waals surface area contributed by atoms with Crippen LogP contribution in [0.5, 0.6) is 0 Å². The highest BCUT2D eigenvalue weighted by molar-refractivity contribution is 7.55. The highest BCUT2D eigenvalue weighted by Crippen LogP contribution is 2.60. The van der Waals surface area contributed by atoms with Crippen molar-refractivity contribution in [2.75, 3.05) is 14.2 Å². The van der Waals surface area contributed by atoms with E-state index in [1.807, 2.05) is 0 Å². The SMILES string of the molecule is COP(=O)(OC)[C@H](O[C@H](O)C(Cl)(Cl)Cl)C(Cl)(Cl)Cl. The van der Waals surface area contributed by atoms with Gasteiger partial charge in [-0.1, -0.05) is 69.6 Å². The fourth-order valence-corrected chi connectivity index (χ4v) is 3.34. The van der Waals surface area contributed by atoms with E-state index in [0.29, 0.717) is 0 Å². The van der Waals surface area contributed by atoms with E-state index in [-0.39, 0.29) is 0 Å². The minimum Gasteiger partial charge on any atom is -0.365 e. The highest BCUT2D eigenvalue weighted by Gasteiger charge is 2.52. The molecule has 110 valence electrons. The molecule has 0 radical (unpaired) electrons. The highest BCUT2D eigenvalue weighted by atomic mass is 35.6. The van der Waals surface area contributed by atoms with Gasteiger partial charge in [0.25, 0.3) is 0 Å². The summed E-state index contributed by atoms with van der Waals surface area (Å²) in [6.45, 7) is 0. The number of rotatable bonds is 5. The molecule has 0 aliphatic heterocycles. The summed E-state index contributed by atoms with van der Waals surface area (Å²) < 4.78 is 21.6. The first-order chi connectivity index (χ1) is 7.88. The topological polar surface area (TPSA) is 65.0 Å². The van der Waals surface area contributed by atoms with E-state index in [2.05, 4.69) is 9.05 Å². The molecule has 0 aliphatic carbocycles. The Morgan fingerprint density at radius 1 is 1.00 bits per heavy atom. The molecule has 0 spiro atoms. The third kappa shape index (κ3) is 5.66. The number of halogens is 6. The van der Waals surface area contributed by atoms with Gasteiger partial charge in [0.05, 0.1) is 0 Å². The Kier molecular flexibility index (Phi) is 7.91. The monoisotopic (exact) mass is 402 g/mol. The lowest BCUT2D eigenvalue weighted by atomic mass is 10.7. The lowest BCUT2D eigenvalue weighted by Crippen LogP contribution is -2.39. The second-order valence-corrected chi connectivity index (χ2v) is 9.85. The molecule has 0 fully saturated rings. The third-order valence-corrected chi connectivity index (χ3v) is 5.33. The summed E-state index contributed by atoms with van der Waals surface area (Å²) in [6, 6.07) is 0. The molecule has 0 aromatic rings. The van der Waals surface area contributed by atoms with Crippen LogP contribution in [0, 0.1) is 0 Å². The summed E-state index contributed by atoms with van der Waals surface area (Å²) >= 11 is 32.8. The van der Waals surface area contributed by atoms with Gasteiger partial charge in [-0.15, -0.1) is 0 Å². The van der Waals surface area contributed by atoms with Crippen molar-refractivity contribution in [3.63, 3.8) is 0 Å². The maximum Gasteiger partial charge on any atom is 0.363 e. The summed E-state index contributed by atoms with van der Waals surface area (Å²) in [6.07, 6.45) is -2.01. The molecule has 0 amide bonds. The van der Waals surface area contributed by atoms with Crippen molar-refractivity contribution >= 4 is 77.2 Å². The smallest absolute Gasteiger partial charge is 0.363 e. The van der Waals surface area contributed by atoms with Gasteiger partial charge in [0.1, 0.15) is 0 Å². The lowest BCUT2D eigenvalue weighted by Gasteiger charge is -2.32. The van der Waals surface area contributed by atoms with Crippen LogP contribution in [-0.4, -0.2) is 39.0 Å². The Bertz CT molecular complexity index is 307. The molecule has 0 aromatic heterocycles. The van der Waals surface area contributed by atoms with Crippen molar-refractivity contribution in [2.45, 2.75) is 19.7 Å². The van der Waals surface area contributed by atoms with Crippen LogP contribution in [0.2, 0.25) is 0 Å². The molecule has 0 aliphatic rings. The lowest BCUT2D eigenvalue weighted by molar-refractivity contribution is -0.114. The van der Waals surface area contributed by atoms with E-state index in [9.17, 15) is 9.67 Å². The van der Waals surface area contributed by atoms with Gasteiger partial charge in [-0.3, -0.25) is 4.57 Å². The van der Waals surface area contributed by atoms with Crippen LogP contribution in [-0.2, 0) is 18.3 Å². The molecule has 0 heterocycles. The van der Waals surface area contributed by atoms with Gasteiger partial charge in [-0.25, -0.2) is 0 Å². The van der Waals surface area contributed by atoms with Gasteiger partial charge in [0, 0.05) is 14.2 Å². The zero-order chi connectivity index (χ0) is 14.8. The largest absolute Gasteiger partial charge is 0.365 e. The summed E-state index contributed by atoms with van der Waals surface area (Å²) in [7, 11) is -1.91. The molecule has 0 bridgehead atoms. The number of alkyl halides is 6. The Morgan fingerprint density at radius 3 is 1.61 bits per heavy atom. The standard InChI is InChI=1S/C6H9Cl6O5P/c1-15-18(14,16-2)4(6(10,11)12)17-3(13)5(7,8)9/h3-4,13H,1-2H3/t3-,4-/m0/s1. The predicted octanol–water partition coefficient (Wildman–Crippen LogP) is 3.87. The normalized spacial score (nSPS) is 17.6. The predicted molar refractivity (Wildman–Crippen MR) is 73.1 cm³/mol. The fraction of sp³-hybridized carbons (Fsp3) is 1.00. The van der Waals surface area contributed by atoms with Gasteiger partial charge >= 0.3 is 7.60 Å². The van der Waals surface area contributed by atoms with Crippen LogP contribution in [0.4, 0.5) is 0 Å². The minimum atomic E-state index is -3.99. The van der Waals surface area contributed by atoms with Crippen molar-refractivity contribution in [2.24, 2.45) is 0 Å².